The van der Waals surface area contributed by atoms with Gasteiger partial charge in [-0.3, -0.25) is 9.36 Å². The average molecular weight is 475 g/mol. The number of rotatable bonds is 6. The number of benzene rings is 3. The molecule has 0 N–H and O–H groups in total. The van der Waals surface area contributed by atoms with Crippen molar-refractivity contribution in [3.63, 3.8) is 0 Å². The van der Waals surface area contributed by atoms with E-state index in [-0.39, 0.29) is 17.7 Å². The molecule has 1 amide bonds. The summed E-state index contributed by atoms with van der Waals surface area (Å²) in [6.07, 6.45) is 0.882. The van der Waals surface area contributed by atoms with E-state index in [0.29, 0.717) is 22.5 Å². The summed E-state index contributed by atoms with van der Waals surface area (Å²) in [4.78, 5) is 15.1. The van der Waals surface area contributed by atoms with Crippen molar-refractivity contribution >= 4 is 35.0 Å². The Kier molecular flexibility index (Phi) is 6.20. The standard InChI is InChI=1S/C26H23ClN4OS/c1-18-15-20-11-5-8-14-23(20)31(18)24(32)17-33-26-29-28-25(21-12-6-7-13-22(21)27)30(26)16-19-9-3-2-4-10-19/h2-14,18H,15-17H2,1H3/t18-/m0/s1. The number of aromatic nitrogens is 3. The van der Waals surface area contributed by atoms with Crippen LogP contribution in [0, 0.1) is 0 Å². The van der Waals surface area contributed by atoms with E-state index in [9.17, 15) is 4.79 Å². The smallest absolute Gasteiger partial charge is 0.237 e. The second-order valence-corrected chi connectivity index (χ2v) is 9.44. The van der Waals surface area contributed by atoms with Gasteiger partial charge in [0.1, 0.15) is 0 Å². The number of hydrogen-bond acceptors (Lipinski definition) is 4. The summed E-state index contributed by atoms with van der Waals surface area (Å²) in [5, 5.41) is 10.2. The first-order valence-electron chi connectivity index (χ1n) is 10.9. The van der Waals surface area contributed by atoms with Crippen molar-refractivity contribution in [3.05, 3.63) is 95.0 Å². The Bertz CT molecular complexity index is 1290. The fraction of sp³-hybridized carbons (Fsp3) is 0.192. The molecule has 1 aliphatic rings. The highest BCUT2D eigenvalue weighted by molar-refractivity contribution is 7.99. The number of carbonyl (C=O) groups is 1. The first kappa shape index (κ1) is 21.7. The molecule has 0 fully saturated rings. The van der Waals surface area contributed by atoms with Gasteiger partial charge in [0.15, 0.2) is 11.0 Å². The number of carbonyl (C=O) groups excluding carboxylic acids is 1. The first-order valence-corrected chi connectivity index (χ1v) is 12.2. The predicted octanol–water partition coefficient (Wildman–Crippen LogP) is 5.72. The Morgan fingerprint density at radius 3 is 2.55 bits per heavy atom. The summed E-state index contributed by atoms with van der Waals surface area (Å²) in [7, 11) is 0. The summed E-state index contributed by atoms with van der Waals surface area (Å²) in [6.45, 7) is 2.68. The van der Waals surface area contributed by atoms with Gasteiger partial charge in [0.25, 0.3) is 0 Å². The summed E-state index contributed by atoms with van der Waals surface area (Å²) >= 11 is 7.89. The number of fused-ring (bicyclic) bond motifs is 1. The number of para-hydroxylation sites is 1. The van der Waals surface area contributed by atoms with Gasteiger partial charge in [-0.2, -0.15) is 0 Å². The van der Waals surface area contributed by atoms with Gasteiger partial charge in [-0.15, -0.1) is 10.2 Å². The third-order valence-electron chi connectivity index (χ3n) is 5.82. The van der Waals surface area contributed by atoms with Gasteiger partial charge >= 0.3 is 0 Å². The molecule has 2 heterocycles. The van der Waals surface area contributed by atoms with E-state index in [1.54, 1.807) is 0 Å². The van der Waals surface area contributed by atoms with Crippen molar-refractivity contribution in [1.82, 2.24) is 14.8 Å². The van der Waals surface area contributed by atoms with Crippen LogP contribution in [0.2, 0.25) is 5.02 Å². The van der Waals surface area contributed by atoms with Crippen LogP contribution in [-0.2, 0) is 17.8 Å². The first-order chi connectivity index (χ1) is 16.1. The van der Waals surface area contributed by atoms with Crippen LogP contribution in [-0.4, -0.2) is 32.5 Å². The molecule has 0 saturated heterocycles. The zero-order chi connectivity index (χ0) is 22.8. The normalized spacial score (nSPS) is 15.0. The maximum atomic E-state index is 13.2. The molecule has 7 heteroatoms. The molecule has 33 heavy (non-hydrogen) atoms. The fourth-order valence-corrected chi connectivity index (χ4v) is 5.30. The molecule has 1 atom stereocenters. The second kappa shape index (κ2) is 9.41. The van der Waals surface area contributed by atoms with Crippen LogP contribution in [0.3, 0.4) is 0 Å². The summed E-state index contributed by atoms with van der Waals surface area (Å²) < 4.78 is 2.04. The SMILES string of the molecule is C[C@H]1Cc2ccccc2N1C(=O)CSc1nnc(-c2ccccc2Cl)n1Cc1ccccc1. The zero-order valence-electron chi connectivity index (χ0n) is 18.2. The van der Waals surface area contributed by atoms with Crippen LogP contribution in [0.25, 0.3) is 11.4 Å². The van der Waals surface area contributed by atoms with E-state index in [1.165, 1.54) is 17.3 Å². The number of nitrogens with zero attached hydrogens (tertiary/aromatic N) is 4. The molecule has 0 radical (unpaired) electrons. The van der Waals surface area contributed by atoms with Crippen LogP contribution in [0.5, 0.6) is 0 Å². The van der Waals surface area contributed by atoms with Gasteiger partial charge in [-0.05, 0) is 42.7 Å². The molecular formula is C26H23ClN4OS. The van der Waals surface area contributed by atoms with Crippen molar-refractivity contribution in [1.29, 1.82) is 0 Å². The lowest BCUT2D eigenvalue weighted by molar-refractivity contribution is -0.116. The minimum absolute atomic E-state index is 0.0750. The lowest BCUT2D eigenvalue weighted by atomic mass is 10.1. The summed E-state index contributed by atoms with van der Waals surface area (Å²) in [5.74, 6) is 1.05. The maximum absolute atomic E-state index is 13.2. The highest BCUT2D eigenvalue weighted by Gasteiger charge is 2.30. The number of amides is 1. The number of hydrogen-bond donors (Lipinski definition) is 0. The molecule has 3 aromatic carbocycles. The quantitative estimate of drug-likeness (QED) is 0.335. The summed E-state index contributed by atoms with van der Waals surface area (Å²) in [6, 6.07) is 26.0. The van der Waals surface area contributed by atoms with Gasteiger partial charge in [-0.1, -0.05) is 84.0 Å². The highest BCUT2D eigenvalue weighted by atomic mass is 35.5. The van der Waals surface area contributed by atoms with E-state index in [1.807, 2.05) is 70.1 Å². The topological polar surface area (TPSA) is 51.0 Å². The molecule has 1 aliphatic heterocycles. The van der Waals surface area contributed by atoms with Gasteiger partial charge in [0.2, 0.25) is 5.91 Å². The maximum Gasteiger partial charge on any atom is 0.237 e. The van der Waals surface area contributed by atoms with E-state index in [0.717, 1.165) is 23.2 Å². The third kappa shape index (κ3) is 4.41. The molecule has 0 unspecified atom stereocenters. The van der Waals surface area contributed by atoms with Crippen LogP contribution in [0.15, 0.2) is 84.0 Å². The lowest BCUT2D eigenvalue weighted by Gasteiger charge is -2.22. The number of halogens is 1. The van der Waals surface area contributed by atoms with Crippen LogP contribution < -0.4 is 4.90 Å². The van der Waals surface area contributed by atoms with E-state index >= 15 is 0 Å². The molecule has 5 rings (SSSR count). The Morgan fingerprint density at radius 2 is 1.73 bits per heavy atom. The van der Waals surface area contributed by atoms with E-state index in [4.69, 9.17) is 11.6 Å². The van der Waals surface area contributed by atoms with Crippen molar-refractivity contribution in [2.45, 2.75) is 31.1 Å². The van der Waals surface area contributed by atoms with Crippen molar-refractivity contribution in [2.24, 2.45) is 0 Å². The van der Waals surface area contributed by atoms with Crippen LogP contribution >= 0.6 is 23.4 Å². The molecule has 4 aromatic rings. The summed E-state index contributed by atoms with van der Waals surface area (Å²) in [5.41, 5.74) is 4.18. The number of thioether (sulfide) groups is 1. The molecule has 0 bridgehead atoms. The lowest BCUT2D eigenvalue weighted by Crippen LogP contribution is -2.37. The zero-order valence-corrected chi connectivity index (χ0v) is 19.8. The van der Waals surface area contributed by atoms with Gasteiger partial charge < -0.3 is 4.90 Å². The van der Waals surface area contributed by atoms with Crippen molar-refractivity contribution in [3.8, 4) is 11.4 Å². The van der Waals surface area contributed by atoms with Gasteiger partial charge in [0.05, 0.1) is 17.3 Å². The minimum Gasteiger partial charge on any atom is -0.308 e. The molecular weight excluding hydrogens is 452 g/mol. The van der Waals surface area contributed by atoms with Crippen molar-refractivity contribution in [2.75, 3.05) is 10.7 Å². The molecule has 1 aromatic heterocycles. The van der Waals surface area contributed by atoms with Gasteiger partial charge in [0, 0.05) is 17.3 Å². The highest BCUT2D eigenvalue weighted by Crippen LogP contribution is 2.34. The van der Waals surface area contributed by atoms with E-state index < -0.39 is 0 Å². The van der Waals surface area contributed by atoms with Crippen molar-refractivity contribution < 1.29 is 4.79 Å². The fourth-order valence-electron chi connectivity index (χ4n) is 4.29. The predicted molar refractivity (Wildman–Crippen MR) is 134 cm³/mol. The molecule has 0 saturated carbocycles. The molecule has 5 nitrogen and oxygen atoms in total. The minimum atomic E-state index is 0.0750. The molecule has 166 valence electrons. The third-order valence-corrected chi connectivity index (χ3v) is 7.10. The van der Waals surface area contributed by atoms with Crippen LogP contribution in [0.1, 0.15) is 18.1 Å². The van der Waals surface area contributed by atoms with Crippen LogP contribution in [0.4, 0.5) is 5.69 Å². The molecule has 0 aliphatic carbocycles. The number of anilines is 1. The second-order valence-electron chi connectivity index (χ2n) is 8.09. The Labute approximate surface area is 202 Å². The monoisotopic (exact) mass is 474 g/mol. The Balaban J connectivity index is 1.42. The van der Waals surface area contributed by atoms with E-state index in [2.05, 4.69) is 35.3 Å². The average Bonchev–Trinajstić information content (AvgIpc) is 3.38. The Hall–Kier alpha value is -3.09. The largest absolute Gasteiger partial charge is 0.308 e. The van der Waals surface area contributed by atoms with Gasteiger partial charge in [-0.25, -0.2) is 0 Å². The molecule has 0 spiro atoms. The Morgan fingerprint density at radius 1 is 1.00 bits per heavy atom.